The summed E-state index contributed by atoms with van der Waals surface area (Å²) >= 11 is 0. The molecular weight excluding hydrogens is 224 g/mol. The molecule has 1 heterocycles. The largest absolute Gasteiger partial charge is 0.381 e. The molecule has 1 aliphatic rings. The van der Waals surface area contributed by atoms with Crippen molar-refractivity contribution in [3.63, 3.8) is 0 Å². The monoisotopic (exact) mass is 248 g/mol. The van der Waals surface area contributed by atoms with Gasteiger partial charge in [-0.15, -0.1) is 0 Å². The number of nitrogens with two attached hydrogens (primary N) is 1. The minimum Gasteiger partial charge on any atom is -0.381 e. The molecule has 3 heteroatoms. The third kappa shape index (κ3) is 3.31. The van der Waals surface area contributed by atoms with E-state index >= 15 is 0 Å². The van der Waals surface area contributed by atoms with Gasteiger partial charge in [-0.1, -0.05) is 30.3 Å². The van der Waals surface area contributed by atoms with Crippen molar-refractivity contribution in [3.05, 3.63) is 35.9 Å². The molecule has 0 radical (unpaired) electrons. The first-order chi connectivity index (χ1) is 8.59. The molecule has 0 aromatic heterocycles. The van der Waals surface area contributed by atoms with Crippen molar-refractivity contribution >= 4 is 0 Å². The number of hydrogen-bond donors (Lipinski definition) is 2. The molecule has 2 rings (SSSR count). The van der Waals surface area contributed by atoms with Gasteiger partial charge in [-0.3, -0.25) is 0 Å². The summed E-state index contributed by atoms with van der Waals surface area (Å²) in [5.74, 6) is 0.622. The van der Waals surface area contributed by atoms with Crippen LogP contribution in [0.5, 0.6) is 0 Å². The maximum atomic E-state index is 6.39. The van der Waals surface area contributed by atoms with Gasteiger partial charge in [-0.2, -0.15) is 0 Å². The Morgan fingerprint density at radius 3 is 2.78 bits per heavy atom. The lowest BCUT2D eigenvalue weighted by Gasteiger charge is -2.29. The highest BCUT2D eigenvalue weighted by Gasteiger charge is 2.26. The third-order valence-corrected chi connectivity index (χ3v) is 3.90. The van der Waals surface area contributed by atoms with Crippen molar-refractivity contribution in [2.45, 2.75) is 31.8 Å². The van der Waals surface area contributed by atoms with E-state index in [0.29, 0.717) is 12.0 Å². The minimum absolute atomic E-state index is 0.324. The smallest absolute Gasteiger partial charge is 0.0509 e. The lowest BCUT2D eigenvalue weighted by Crippen LogP contribution is -2.47. The Hall–Kier alpha value is -0.900. The predicted octanol–water partition coefficient (Wildman–Crippen LogP) is 1.88. The second kappa shape index (κ2) is 5.83. The summed E-state index contributed by atoms with van der Waals surface area (Å²) in [6.45, 7) is 6.86. The SMILES string of the molecule is CC(NCC(C)(N)c1ccccc1)C1CCOC1. The van der Waals surface area contributed by atoms with Crippen molar-refractivity contribution < 1.29 is 4.74 Å². The van der Waals surface area contributed by atoms with Gasteiger partial charge in [-0.05, 0) is 31.7 Å². The van der Waals surface area contributed by atoms with E-state index < -0.39 is 0 Å². The van der Waals surface area contributed by atoms with Gasteiger partial charge in [0.15, 0.2) is 0 Å². The molecule has 1 saturated heterocycles. The van der Waals surface area contributed by atoms with Crippen LogP contribution >= 0.6 is 0 Å². The minimum atomic E-state index is -0.324. The Morgan fingerprint density at radius 1 is 1.44 bits per heavy atom. The van der Waals surface area contributed by atoms with Crippen LogP contribution in [0.3, 0.4) is 0 Å². The van der Waals surface area contributed by atoms with E-state index in [0.717, 1.165) is 26.2 Å². The zero-order valence-corrected chi connectivity index (χ0v) is 11.4. The molecule has 1 aromatic rings. The molecule has 3 unspecified atom stereocenters. The highest BCUT2D eigenvalue weighted by molar-refractivity contribution is 5.23. The van der Waals surface area contributed by atoms with Crippen molar-refractivity contribution in [3.8, 4) is 0 Å². The molecule has 0 bridgehead atoms. The quantitative estimate of drug-likeness (QED) is 0.836. The maximum absolute atomic E-state index is 6.39. The van der Waals surface area contributed by atoms with Gasteiger partial charge >= 0.3 is 0 Å². The standard InChI is InChI=1S/C15H24N2O/c1-12(13-8-9-18-10-13)17-11-15(2,16)14-6-4-3-5-7-14/h3-7,12-13,17H,8-11,16H2,1-2H3. The molecule has 1 aromatic carbocycles. The van der Waals surface area contributed by atoms with Crippen molar-refractivity contribution in [1.29, 1.82) is 0 Å². The molecular formula is C15H24N2O. The van der Waals surface area contributed by atoms with Crippen molar-refractivity contribution in [2.24, 2.45) is 11.7 Å². The van der Waals surface area contributed by atoms with Gasteiger partial charge in [0, 0.05) is 19.2 Å². The topological polar surface area (TPSA) is 47.3 Å². The Morgan fingerprint density at radius 2 is 2.17 bits per heavy atom. The van der Waals surface area contributed by atoms with E-state index in [1.807, 2.05) is 18.2 Å². The van der Waals surface area contributed by atoms with Crippen LogP contribution < -0.4 is 11.1 Å². The fourth-order valence-electron chi connectivity index (χ4n) is 2.41. The summed E-state index contributed by atoms with van der Waals surface area (Å²) in [7, 11) is 0. The van der Waals surface area contributed by atoms with Gasteiger partial charge in [-0.25, -0.2) is 0 Å². The average Bonchev–Trinajstić information content (AvgIpc) is 2.91. The van der Waals surface area contributed by atoms with Crippen molar-refractivity contribution in [1.82, 2.24) is 5.32 Å². The van der Waals surface area contributed by atoms with Crippen molar-refractivity contribution in [2.75, 3.05) is 19.8 Å². The Bertz CT molecular complexity index is 358. The summed E-state index contributed by atoms with van der Waals surface area (Å²) < 4.78 is 5.42. The van der Waals surface area contributed by atoms with E-state index in [1.165, 1.54) is 5.56 Å². The number of hydrogen-bond acceptors (Lipinski definition) is 3. The summed E-state index contributed by atoms with van der Waals surface area (Å²) in [5, 5.41) is 3.56. The van der Waals surface area contributed by atoms with E-state index in [2.05, 4.69) is 31.3 Å². The summed E-state index contributed by atoms with van der Waals surface area (Å²) in [6.07, 6.45) is 1.15. The van der Waals surface area contributed by atoms with Crippen LogP contribution in [0.25, 0.3) is 0 Å². The van der Waals surface area contributed by atoms with Crippen LogP contribution in [0.1, 0.15) is 25.8 Å². The lowest BCUT2D eigenvalue weighted by molar-refractivity contribution is 0.177. The highest BCUT2D eigenvalue weighted by Crippen LogP contribution is 2.19. The molecule has 18 heavy (non-hydrogen) atoms. The first-order valence-electron chi connectivity index (χ1n) is 6.75. The van der Waals surface area contributed by atoms with Crippen LogP contribution in [0.2, 0.25) is 0 Å². The van der Waals surface area contributed by atoms with Crippen LogP contribution in [-0.4, -0.2) is 25.8 Å². The third-order valence-electron chi connectivity index (χ3n) is 3.90. The lowest BCUT2D eigenvalue weighted by atomic mass is 9.92. The second-order valence-corrected chi connectivity index (χ2v) is 5.58. The van der Waals surface area contributed by atoms with E-state index in [1.54, 1.807) is 0 Å². The average molecular weight is 248 g/mol. The molecule has 3 N–H and O–H groups in total. The first kappa shape index (κ1) is 13.5. The van der Waals surface area contributed by atoms with E-state index in [9.17, 15) is 0 Å². The van der Waals surface area contributed by atoms with Crippen LogP contribution in [0.4, 0.5) is 0 Å². The Kier molecular flexibility index (Phi) is 4.38. The zero-order chi connectivity index (χ0) is 13.0. The predicted molar refractivity (Wildman–Crippen MR) is 74.4 cm³/mol. The molecule has 0 amide bonds. The number of benzene rings is 1. The molecule has 0 aliphatic carbocycles. The summed E-state index contributed by atoms with van der Waals surface area (Å²) in [6, 6.07) is 10.7. The fourth-order valence-corrected chi connectivity index (χ4v) is 2.41. The number of nitrogens with one attached hydrogen (secondary N) is 1. The zero-order valence-electron chi connectivity index (χ0n) is 11.4. The second-order valence-electron chi connectivity index (χ2n) is 5.58. The van der Waals surface area contributed by atoms with Gasteiger partial charge < -0.3 is 15.8 Å². The molecule has 3 nitrogen and oxygen atoms in total. The molecule has 1 fully saturated rings. The molecule has 100 valence electrons. The van der Waals surface area contributed by atoms with E-state index in [4.69, 9.17) is 10.5 Å². The Labute approximate surface area is 110 Å². The highest BCUT2D eigenvalue weighted by atomic mass is 16.5. The van der Waals surface area contributed by atoms with Gasteiger partial charge in [0.2, 0.25) is 0 Å². The number of ether oxygens (including phenoxy) is 1. The molecule has 0 spiro atoms. The summed E-state index contributed by atoms with van der Waals surface area (Å²) in [5.41, 5.74) is 7.24. The van der Waals surface area contributed by atoms with Gasteiger partial charge in [0.1, 0.15) is 0 Å². The van der Waals surface area contributed by atoms with Gasteiger partial charge in [0.25, 0.3) is 0 Å². The van der Waals surface area contributed by atoms with Crippen LogP contribution in [0.15, 0.2) is 30.3 Å². The first-order valence-corrected chi connectivity index (χ1v) is 6.75. The van der Waals surface area contributed by atoms with Crippen LogP contribution in [-0.2, 0) is 10.3 Å². The van der Waals surface area contributed by atoms with Crippen LogP contribution in [0, 0.1) is 5.92 Å². The Balaban J connectivity index is 1.88. The van der Waals surface area contributed by atoms with Gasteiger partial charge in [0.05, 0.1) is 12.1 Å². The molecule has 0 saturated carbocycles. The fraction of sp³-hybridized carbons (Fsp3) is 0.600. The molecule has 1 aliphatic heterocycles. The molecule has 3 atom stereocenters. The maximum Gasteiger partial charge on any atom is 0.0509 e. The normalized spacial score (nSPS) is 24.7. The number of rotatable bonds is 5. The summed E-state index contributed by atoms with van der Waals surface area (Å²) in [4.78, 5) is 0. The van der Waals surface area contributed by atoms with E-state index in [-0.39, 0.29) is 5.54 Å².